The molecule has 2 aliphatic rings. The average molecular weight is 533 g/mol. The zero-order valence-electron chi connectivity index (χ0n) is 22.3. The van der Waals surface area contributed by atoms with Crippen LogP contribution in [0.5, 0.6) is 0 Å². The van der Waals surface area contributed by atoms with Crippen LogP contribution in [0.4, 0.5) is 4.79 Å². The SMILES string of the molecule is O=C(OCc1ccccc1)N1[C@H](c2ccccc2)[C@H](c2ccccc2)OC(=O)[C@]12CCN(Cc1ccccc1)C2. The van der Waals surface area contributed by atoms with Gasteiger partial charge in [-0.1, -0.05) is 121 Å². The van der Waals surface area contributed by atoms with Gasteiger partial charge in [0.05, 0.1) is 0 Å². The highest BCUT2D eigenvalue weighted by molar-refractivity contribution is 5.88. The molecule has 1 spiro atoms. The Morgan fingerprint density at radius 3 is 1.95 bits per heavy atom. The first-order valence-electron chi connectivity index (χ1n) is 13.7. The van der Waals surface area contributed by atoms with E-state index in [-0.39, 0.29) is 12.6 Å². The number of ether oxygens (including phenoxy) is 2. The summed E-state index contributed by atoms with van der Waals surface area (Å²) in [6, 6.07) is 38.7. The molecule has 0 radical (unpaired) electrons. The molecule has 1 amide bonds. The molecule has 6 heteroatoms. The van der Waals surface area contributed by atoms with E-state index >= 15 is 0 Å². The van der Waals surface area contributed by atoms with E-state index < -0.39 is 23.8 Å². The maximum absolute atomic E-state index is 14.2. The predicted octanol–water partition coefficient (Wildman–Crippen LogP) is 6.31. The predicted molar refractivity (Wildman–Crippen MR) is 152 cm³/mol. The van der Waals surface area contributed by atoms with Gasteiger partial charge in [0, 0.05) is 19.6 Å². The van der Waals surface area contributed by atoms with Gasteiger partial charge in [-0.2, -0.15) is 0 Å². The molecule has 4 aromatic rings. The van der Waals surface area contributed by atoms with E-state index in [4.69, 9.17) is 9.47 Å². The Kier molecular flexibility index (Phi) is 7.34. The second-order valence-electron chi connectivity index (χ2n) is 10.5. The Balaban J connectivity index is 1.40. The number of amides is 1. The Hall–Kier alpha value is -4.42. The number of carbonyl (C=O) groups excluding carboxylic acids is 2. The third kappa shape index (κ3) is 5.10. The monoisotopic (exact) mass is 532 g/mol. The lowest BCUT2D eigenvalue weighted by molar-refractivity contribution is -0.185. The van der Waals surface area contributed by atoms with E-state index in [1.807, 2.05) is 109 Å². The molecule has 0 aliphatic carbocycles. The van der Waals surface area contributed by atoms with Gasteiger partial charge in [-0.3, -0.25) is 9.80 Å². The van der Waals surface area contributed by atoms with Gasteiger partial charge < -0.3 is 9.47 Å². The van der Waals surface area contributed by atoms with Crippen molar-refractivity contribution >= 4 is 12.1 Å². The minimum atomic E-state index is -1.17. The summed E-state index contributed by atoms with van der Waals surface area (Å²) < 4.78 is 12.3. The minimum Gasteiger partial charge on any atom is -0.453 e. The third-order valence-electron chi connectivity index (χ3n) is 7.89. The number of nitrogens with zero attached hydrogens (tertiary/aromatic N) is 2. The molecule has 0 saturated carbocycles. The standard InChI is InChI=1S/C34H32N2O4/c37-32-34(21-22-35(25-34)23-26-13-5-1-6-14-26)36(33(38)39-24-27-15-7-2-8-16-27)30(28-17-9-3-10-18-28)31(40-32)29-19-11-4-12-20-29/h1-20,30-31H,21-25H2/t30-,31+,34-/m1/s1. The quantitative estimate of drug-likeness (QED) is 0.273. The average Bonchev–Trinajstić information content (AvgIpc) is 3.43. The number of cyclic esters (lactones) is 1. The summed E-state index contributed by atoms with van der Waals surface area (Å²) in [6.07, 6.45) is -0.727. The Morgan fingerprint density at radius 1 is 0.775 bits per heavy atom. The van der Waals surface area contributed by atoms with Gasteiger partial charge in [0.25, 0.3) is 0 Å². The molecule has 2 aliphatic heterocycles. The van der Waals surface area contributed by atoms with Crippen LogP contribution in [0.2, 0.25) is 0 Å². The highest BCUT2D eigenvalue weighted by atomic mass is 16.6. The lowest BCUT2D eigenvalue weighted by Crippen LogP contribution is -2.64. The van der Waals surface area contributed by atoms with Gasteiger partial charge in [-0.25, -0.2) is 9.59 Å². The van der Waals surface area contributed by atoms with E-state index in [1.54, 1.807) is 4.90 Å². The Morgan fingerprint density at radius 2 is 1.32 bits per heavy atom. The second kappa shape index (κ2) is 11.4. The van der Waals surface area contributed by atoms with Crippen LogP contribution < -0.4 is 0 Å². The number of morpholine rings is 1. The van der Waals surface area contributed by atoms with Crippen molar-refractivity contribution in [1.82, 2.24) is 9.80 Å². The van der Waals surface area contributed by atoms with Crippen LogP contribution in [0.25, 0.3) is 0 Å². The van der Waals surface area contributed by atoms with Gasteiger partial charge in [-0.05, 0) is 28.7 Å². The number of likely N-dealkylation sites (tertiary alicyclic amines) is 1. The van der Waals surface area contributed by atoms with Crippen molar-refractivity contribution in [3.8, 4) is 0 Å². The number of hydrogen-bond donors (Lipinski definition) is 0. The molecule has 6 rings (SSSR count). The fourth-order valence-electron chi connectivity index (χ4n) is 5.94. The van der Waals surface area contributed by atoms with Gasteiger partial charge in [0.1, 0.15) is 12.6 Å². The summed E-state index contributed by atoms with van der Waals surface area (Å²) in [6.45, 7) is 1.82. The maximum Gasteiger partial charge on any atom is 0.411 e. The largest absolute Gasteiger partial charge is 0.453 e. The molecule has 2 heterocycles. The molecule has 0 bridgehead atoms. The van der Waals surface area contributed by atoms with Crippen molar-refractivity contribution in [2.24, 2.45) is 0 Å². The van der Waals surface area contributed by atoms with Gasteiger partial charge in [0.15, 0.2) is 11.6 Å². The molecule has 202 valence electrons. The fourth-order valence-corrected chi connectivity index (χ4v) is 5.94. The lowest BCUT2D eigenvalue weighted by Gasteiger charge is -2.50. The smallest absolute Gasteiger partial charge is 0.411 e. The number of benzene rings is 4. The zero-order chi connectivity index (χ0) is 27.4. The fraction of sp³-hybridized carbons (Fsp3) is 0.235. The normalized spacial score (nSPS) is 22.7. The van der Waals surface area contributed by atoms with Crippen LogP contribution in [-0.4, -0.2) is 40.5 Å². The van der Waals surface area contributed by atoms with Crippen molar-refractivity contribution in [2.75, 3.05) is 13.1 Å². The third-order valence-corrected chi connectivity index (χ3v) is 7.89. The van der Waals surface area contributed by atoms with Crippen LogP contribution in [-0.2, 0) is 27.4 Å². The van der Waals surface area contributed by atoms with E-state index in [0.717, 1.165) is 22.3 Å². The number of hydrogen-bond acceptors (Lipinski definition) is 5. The van der Waals surface area contributed by atoms with E-state index in [2.05, 4.69) is 17.0 Å². The number of carbonyl (C=O) groups is 2. The molecule has 0 aromatic heterocycles. The van der Waals surface area contributed by atoms with Gasteiger partial charge in [-0.15, -0.1) is 0 Å². The summed E-state index contributed by atoms with van der Waals surface area (Å²) in [5, 5.41) is 0. The Labute approximate surface area is 234 Å². The highest BCUT2D eigenvalue weighted by Crippen LogP contribution is 2.49. The minimum absolute atomic E-state index is 0.118. The zero-order valence-corrected chi connectivity index (χ0v) is 22.3. The van der Waals surface area contributed by atoms with Crippen LogP contribution >= 0.6 is 0 Å². The molecule has 40 heavy (non-hydrogen) atoms. The molecule has 4 aromatic carbocycles. The van der Waals surface area contributed by atoms with E-state index in [1.165, 1.54) is 0 Å². The van der Waals surface area contributed by atoms with Crippen LogP contribution in [0.3, 0.4) is 0 Å². The molecule has 3 atom stereocenters. The van der Waals surface area contributed by atoms with Gasteiger partial charge in [0.2, 0.25) is 0 Å². The van der Waals surface area contributed by atoms with Crippen molar-refractivity contribution in [2.45, 2.75) is 37.3 Å². The van der Waals surface area contributed by atoms with Crippen molar-refractivity contribution in [3.05, 3.63) is 144 Å². The molecule has 2 saturated heterocycles. The summed E-state index contributed by atoms with van der Waals surface area (Å²) >= 11 is 0. The first-order valence-corrected chi connectivity index (χ1v) is 13.7. The molecular formula is C34H32N2O4. The molecular weight excluding hydrogens is 500 g/mol. The van der Waals surface area contributed by atoms with Crippen molar-refractivity contribution < 1.29 is 19.1 Å². The van der Waals surface area contributed by atoms with Crippen molar-refractivity contribution in [3.63, 3.8) is 0 Å². The second-order valence-corrected chi connectivity index (χ2v) is 10.5. The lowest BCUT2D eigenvalue weighted by atomic mass is 9.85. The van der Waals surface area contributed by atoms with Crippen LogP contribution in [0.15, 0.2) is 121 Å². The van der Waals surface area contributed by atoms with E-state index in [0.29, 0.717) is 26.1 Å². The Bertz CT molecular complexity index is 1430. The van der Waals surface area contributed by atoms with Crippen LogP contribution in [0.1, 0.15) is 40.8 Å². The van der Waals surface area contributed by atoms with Gasteiger partial charge >= 0.3 is 12.1 Å². The molecule has 6 nitrogen and oxygen atoms in total. The summed E-state index contributed by atoms with van der Waals surface area (Å²) in [5.74, 6) is -0.388. The van der Waals surface area contributed by atoms with E-state index in [9.17, 15) is 9.59 Å². The summed E-state index contributed by atoms with van der Waals surface area (Å²) in [7, 11) is 0. The molecule has 2 fully saturated rings. The molecule has 0 unspecified atom stereocenters. The highest BCUT2D eigenvalue weighted by Gasteiger charge is 2.61. The first-order chi connectivity index (χ1) is 19.6. The van der Waals surface area contributed by atoms with Crippen molar-refractivity contribution in [1.29, 1.82) is 0 Å². The number of rotatable bonds is 6. The first kappa shape index (κ1) is 25.8. The summed E-state index contributed by atoms with van der Waals surface area (Å²) in [4.78, 5) is 32.2. The topological polar surface area (TPSA) is 59.1 Å². The molecule has 0 N–H and O–H groups in total. The summed E-state index contributed by atoms with van der Waals surface area (Å²) in [5.41, 5.74) is 2.59. The van der Waals surface area contributed by atoms with Crippen LogP contribution in [0, 0.1) is 0 Å². The maximum atomic E-state index is 14.2. The number of esters is 1.